The summed E-state index contributed by atoms with van der Waals surface area (Å²) in [5.74, 6) is 0.558. The minimum Gasteiger partial charge on any atom is -0.365 e. The third kappa shape index (κ3) is 5.91. The molecule has 2 aromatic rings. The van der Waals surface area contributed by atoms with E-state index in [1.165, 1.54) is 4.31 Å². The van der Waals surface area contributed by atoms with Gasteiger partial charge in [-0.25, -0.2) is 13.4 Å². The topological polar surface area (TPSA) is 85.8 Å². The lowest BCUT2D eigenvalue weighted by molar-refractivity contribution is -0.119. The maximum Gasteiger partial charge on any atom is 0.239 e. The Labute approximate surface area is 172 Å². The Balaban J connectivity index is 1.41. The van der Waals surface area contributed by atoms with Crippen molar-refractivity contribution in [1.82, 2.24) is 14.6 Å². The summed E-state index contributed by atoms with van der Waals surface area (Å²) >= 11 is 0. The number of nitrogens with zero attached hydrogens (tertiary/aromatic N) is 4. The van der Waals surface area contributed by atoms with Gasteiger partial charge in [0.1, 0.15) is 5.82 Å². The highest BCUT2D eigenvalue weighted by Gasteiger charge is 2.27. The number of benzene rings is 1. The lowest BCUT2D eigenvalue weighted by atomic mass is 10.3. The fraction of sp³-hybridized carbons (Fsp3) is 0.400. The molecule has 0 unspecified atom stereocenters. The minimum atomic E-state index is -3.41. The number of amides is 1. The number of carbonyl (C=O) groups excluding carboxylic acids is 1. The predicted molar refractivity (Wildman–Crippen MR) is 115 cm³/mol. The molecule has 29 heavy (non-hydrogen) atoms. The summed E-state index contributed by atoms with van der Waals surface area (Å²) in [6, 6.07) is 15.3. The van der Waals surface area contributed by atoms with Crippen molar-refractivity contribution in [3.05, 3.63) is 54.7 Å². The van der Waals surface area contributed by atoms with E-state index in [-0.39, 0.29) is 24.7 Å². The van der Waals surface area contributed by atoms with Crippen LogP contribution in [0.3, 0.4) is 0 Å². The Kier molecular flexibility index (Phi) is 7.05. The van der Waals surface area contributed by atoms with Gasteiger partial charge >= 0.3 is 0 Å². The van der Waals surface area contributed by atoms with Crippen LogP contribution in [0.4, 0.5) is 11.5 Å². The quantitative estimate of drug-likeness (QED) is 0.683. The largest absolute Gasteiger partial charge is 0.365 e. The average Bonchev–Trinajstić information content (AvgIpc) is 2.75. The molecule has 1 saturated heterocycles. The van der Waals surface area contributed by atoms with Gasteiger partial charge in [0.15, 0.2) is 0 Å². The molecule has 0 atom stereocenters. The number of hydrogen-bond acceptors (Lipinski definition) is 6. The Bertz CT molecular complexity index is 885. The molecule has 1 fully saturated rings. The molecule has 1 aromatic carbocycles. The van der Waals surface area contributed by atoms with Crippen molar-refractivity contribution in [1.29, 1.82) is 0 Å². The summed E-state index contributed by atoms with van der Waals surface area (Å²) in [6.45, 7) is 2.32. The van der Waals surface area contributed by atoms with Crippen LogP contribution in [0.25, 0.3) is 0 Å². The number of hydrogen-bond donors (Lipinski definition) is 1. The van der Waals surface area contributed by atoms with E-state index in [1.807, 2.05) is 60.5 Å². The van der Waals surface area contributed by atoms with E-state index in [1.54, 1.807) is 6.20 Å². The molecule has 156 valence electrons. The zero-order valence-corrected chi connectivity index (χ0v) is 17.4. The van der Waals surface area contributed by atoms with Crippen LogP contribution in [0.15, 0.2) is 54.7 Å². The van der Waals surface area contributed by atoms with Crippen molar-refractivity contribution in [2.45, 2.75) is 0 Å². The highest BCUT2D eigenvalue weighted by Crippen LogP contribution is 2.14. The van der Waals surface area contributed by atoms with E-state index < -0.39 is 10.0 Å². The van der Waals surface area contributed by atoms with E-state index in [0.717, 1.165) is 11.5 Å². The van der Waals surface area contributed by atoms with Crippen molar-refractivity contribution in [3.63, 3.8) is 0 Å². The molecule has 0 aliphatic carbocycles. The smallest absolute Gasteiger partial charge is 0.239 e. The third-order valence-electron chi connectivity index (χ3n) is 4.87. The van der Waals surface area contributed by atoms with Crippen LogP contribution >= 0.6 is 0 Å². The monoisotopic (exact) mass is 417 g/mol. The van der Waals surface area contributed by atoms with Crippen molar-refractivity contribution in [2.24, 2.45) is 0 Å². The maximum absolute atomic E-state index is 12.6. The summed E-state index contributed by atoms with van der Waals surface area (Å²) in [5.41, 5.74) is 0.932. The van der Waals surface area contributed by atoms with Gasteiger partial charge in [-0.1, -0.05) is 24.3 Å². The van der Waals surface area contributed by atoms with Crippen LogP contribution in [0.2, 0.25) is 0 Å². The summed E-state index contributed by atoms with van der Waals surface area (Å²) in [7, 11) is -1.58. The Morgan fingerprint density at radius 2 is 1.76 bits per heavy atom. The zero-order chi connectivity index (χ0) is 20.7. The van der Waals surface area contributed by atoms with Gasteiger partial charge in [0.2, 0.25) is 15.9 Å². The molecule has 0 radical (unpaired) electrons. The van der Waals surface area contributed by atoms with Crippen LogP contribution < -0.4 is 15.1 Å². The van der Waals surface area contributed by atoms with Crippen LogP contribution in [0, 0.1) is 0 Å². The molecule has 1 aliphatic heterocycles. The minimum absolute atomic E-state index is 0.0998. The standard InChI is InChI=1S/C20H27N5O3S/c1-23(18-7-3-2-4-8-18)17-20(26)22-11-16-29(27,28)25-14-12-24(13-15-25)19-9-5-6-10-21-19/h2-10H,11-17H2,1H3,(H,22,26). The molecule has 1 N–H and O–H groups in total. The van der Waals surface area contributed by atoms with Gasteiger partial charge in [-0.2, -0.15) is 4.31 Å². The average molecular weight is 418 g/mol. The molecule has 0 saturated carbocycles. The molecular formula is C20H27N5O3S. The summed E-state index contributed by atoms with van der Waals surface area (Å²) in [6.07, 6.45) is 1.73. The Morgan fingerprint density at radius 1 is 1.07 bits per heavy atom. The second-order valence-electron chi connectivity index (χ2n) is 6.93. The second-order valence-corrected chi connectivity index (χ2v) is 9.02. The molecular weight excluding hydrogens is 390 g/mol. The van der Waals surface area contributed by atoms with Gasteiger partial charge in [0, 0.05) is 51.7 Å². The normalized spacial score (nSPS) is 15.1. The number of likely N-dealkylation sites (N-methyl/N-ethyl adjacent to an activating group) is 1. The molecule has 1 aromatic heterocycles. The van der Waals surface area contributed by atoms with Crippen LogP contribution in [-0.4, -0.2) is 75.7 Å². The number of aromatic nitrogens is 1. The number of piperazine rings is 1. The summed E-state index contributed by atoms with van der Waals surface area (Å²) in [5, 5.41) is 2.71. The molecule has 1 aliphatic rings. The first-order chi connectivity index (χ1) is 14.0. The molecule has 1 amide bonds. The van der Waals surface area contributed by atoms with Gasteiger partial charge in [-0.15, -0.1) is 0 Å². The first kappa shape index (κ1) is 21.1. The van der Waals surface area contributed by atoms with E-state index in [4.69, 9.17) is 0 Å². The highest BCUT2D eigenvalue weighted by molar-refractivity contribution is 7.89. The summed E-state index contributed by atoms with van der Waals surface area (Å²) in [4.78, 5) is 20.3. The molecule has 0 spiro atoms. The number of pyridine rings is 1. The van der Waals surface area contributed by atoms with Crippen LogP contribution in [0.1, 0.15) is 0 Å². The maximum atomic E-state index is 12.6. The van der Waals surface area contributed by atoms with Gasteiger partial charge < -0.3 is 15.1 Å². The zero-order valence-electron chi connectivity index (χ0n) is 16.6. The number of nitrogens with one attached hydrogen (secondary N) is 1. The van der Waals surface area contributed by atoms with Gasteiger partial charge in [0.05, 0.1) is 12.3 Å². The third-order valence-corrected chi connectivity index (χ3v) is 6.74. The summed E-state index contributed by atoms with van der Waals surface area (Å²) < 4.78 is 26.7. The molecule has 0 bridgehead atoms. The lowest BCUT2D eigenvalue weighted by Crippen LogP contribution is -2.50. The lowest BCUT2D eigenvalue weighted by Gasteiger charge is -2.34. The second kappa shape index (κ2) is 9.71. The highest BCUT2D eigenvalue weighted by atomic mass is 32.2. The first-order valence-electron chi connectivity index (χ1n) is 9.62. The Morgan fingerprint density at radius 3 is 2.41 bits per heavy atom. The number of sulfonamides is 1. The van der Waals surface area contributed by atoms with Crippen molar-refractivity contribution in [3.8, 4) is 0 Å². The van der Waals surface area contributed by atoms with Crippen LogP contribution in [0.5, 0.6) is 0 Å². The van der Waals surface area contributed by atoms with Gasteiger partial charge in [0.25, 0.3) is 0 Å². The van der Waals surface area contributed by atoms with E-state index in [9.17, 15) is 13.2 Å². The number of para-hydroxylation sites is 1. The number of carbonyl (C=O) groups is 1. The number of rotatable bonds is 8. The van der Waals surface area contributed by atoms with E-state index in [0.29, 0.717) is 26.2 Å². The molecule has 8 nitrogen and oxygen atoms in total. The Hall–Kier alpha value is -2.65. The SMILES string of the molecule is CN(CC(=O)NCCS(=O)(=O)N1CCN(c2ccccn2)CC1)c1ccccc1. The van der Waals surface area contributed by atoms with Crippen molar-refractivity contribution >= 4 is 27.4 Å². The van der Waals surface area contributed by atoms with Crippen molar-refractivity contribution in [2.75, 3.05) is 61.9 Å². The number of anilines is 2. The van der Waals surface area contributed by atoms with Crippen molar-refractivity contribution < 1.29 is 13.2 Å². The van der Waals surface area contributed by atoms with Gasteiger partial charge in [-0.05, 0) is 24.3 Å². The molecule has 9 heteroatoms. The van der Waals surface area contributed by atoms with E-state index >= 15 is 0 Å². The van der Waals surface area contributed by atoms with Gasteiger partial charge in [-0.3, -0.25) is 4.79 Å². The fourth-order valence-electron chi connectivity index (χ4n) is 3.23. The predicted octanol–water partition coefficient (Wildman–Crippen LogP) is 0.786. The van der Waals surface area contributed by atoms with E-state index in [2.05, 4.69) is 15.2 Å². The fourth-order valence-corrected chi connectivity index (χ4v) is 4.57. The molecule has 2 heterocycles. The molecule has 3 rings (SSSR count). The van der Waals surface area contributed by atoms with Crippen LogP contribution in [-0.2, 0) is 14.8 Å². The first-order valence-corrected chi connectivity index (χ1v) is 11.2.